The summed E-state index contributed by atoms with van der Waals surface area (Å²) >= 11 is 26.8. The largest absolute Gasteiger partial charge is 0.281 e. The van der Waals surface area contributed by atoms with Gasteiger partial charge in [-0.05, 0) is 61.2 Å². The van der Waals surface area contributed by atoms with Crippen LogP contribution in [-0.4, -0.2) is 5.25 Å². The molecule has 0 aromatic heterocycles. The molecule has 128 valence electrons. The summed E-state index contributed by atoms with van der Waals surface area (Å²) in [6.07, 6.45) is 6.28. The van der Waals surface area contributed by atoms with Gasteiger partial charge >= 0.3 is 0 Å². The Morgan fingerprint density at radius 1 is 0.750 bits per heavy atom. The average molecular weight is 421 g/mol. The van der Waals surface area contributed by atoms with Crippen molar-refractivity contribution < 1.29 is 0 Å². The molecule has 0 unspecified atom stereocenters. The Labute approximate surface area is 167 Å². The van der Waals surface area contributed by atoms with Crippen molar-refractivity contribution in [2.75, 3.05) is 4.31 Å². The fraction of sp³-hybridized carbons (Fsp3) is 0.333. The van der Waals surface area contributed by atoms with Crippen molar-refractivity contribution in [1.82, 2.24) is 0 Å². The minimum Gasteiger partial charge on any atom is -0.281 e. The third kappa shape index (κ3) is 4.47. The van der Waals surface area contributed by atoms with Gasteiger partial charge in [-0.25, -0.2) is 0 Å². The van der Waals surface area contributed by atoms with E-state index in [0.29, 0.717) is 25.3 Å². The summed E-state index contributed by atoms with van der Waals surface area (Å²) in [5.41, 5.74) is 1.78. The second-order valence-electron chi connectivity index (χ2n) is 5.85. The van der Waals surface area contributed by atoms with Gasteiger partial charge in [0, 0.05) is 15.3 Å². The van der Waals surface area contributed by atoms with Gasteiger partial charge in [-0.15, -0.1) is 0 Å². The molecule has 0 spiro atoms. The maximum Gasteiger partial charge on any atom is 0.0713 e. The van der Waals surface area contributed by atoms with Crippen LogP contribution in [0.1, 0.15) is 32.1 Å². The van der Waals surface area contributed by atoms with Crippen molar-refractivity contribution in [2.45, 2.75) is 37.4 Å². The Morgan fingerprint density at radius 3 is 1.71 bits per heavy atom. The van der Waals surface area contributed by atoms with Crippen LogP contribution in [0, 0.1) is 0 Å². The van der Waals surface area contributed by atoms with Crippen LogP contribution < -0.4 is 4.31 Å². The molecule has 2 aromatic rings. The Kier molecular flexibility index (Phi) is 6.50. The Morgan fingerprint density at radius 2 is 1.25 bits per heavy atom. The summed E-state index contributed by atoms with van der Waals surface area (Å²) in [4.78, 5) is 0. The van der Waals surface area contributed by atoms with Crippen molar-refractivity contribution in [1.29, 1.82) is 0 Å². The van der Waals surface area contributed by atoms with Gasteiger partial charge in [0.2, 0.25) is 0 Å². The van der Waals surface area contributed by atoms with E-state index in [-0.39, 0.29) is 0 Å². The number of hydrogen-bond donors (Lipinski definition) is 0. The van der Waals surface area contributed by atoms with Crippen LogP contribution in [0.2, 0.25) is 20.1 Å². The molecule has 0 radical (unpaired) electrons. The predicted octanol–water partition coefficient (Wildman–Crippen LogP) is 8.42. The summed E-state index contributed by atoms with van der Waals surface area (Å²) in [5.74, 6) is 0. The lowest BCUT2D eigenvalue weighted by molar-refractivity contribution is 0.516. The molecule has 24 heavy (non-hydrogen) atoms. The molecule has 0 saturated heterocycles. The van der Waals surface area contributed by atoms with Crippen molar-refractivity contribution in [3.8, 4) is 0 Å². The fourth-order valence-corrected chi connectivity index (χ4v) is 5.33. The van der Waals surface area contributed by atoms with Crippen molar-refractivity contribution in [2.24, 2.45) is 0 Å². The molecule has 0 aliphatic heterocycles. The van der Waals surface area contributed by atoms with Crippen LogP contribution in [0.3, 0.4) is 0 Å². The van der Waals surface area contributed by atoms with Crippen LogP contribution in [0.15, 0.2) is 36.4 Å². The molecule has 6 heteroatoms. The zero-order valence-corrected chi connectivity index (χ0v) is 16.8. The Hall–Kier alpha value is -0.250. The molecule has 0 N–H and O–H groups in total. The van der Waals surface area contributed by atoms with Gasteiger partial charge in [-0.2, -0.15) is 0 Å². The van der Waals surface area contributed by atoms with Crippen LogP contribution in [0.4, 0.5) is 11.4 Å². The van der Waals surface area contributed by atoms with E-state index in [1.54, 1.807) is 24.1 Å². The van der Waals surface area contributed by atoms with E-state index in [1.165, 1.54) is 32.1 Å². The lowest BCUT2D eigenvalue weighted by Crippen LogP contribution is -2.17. The highest BCUT2D eigenvalue weighted by molar-refractivity contribution is 8.01. The minimum absolute atomic E-state index is 0.553. The highest BCUT2D eigenvalue weighted by Crippen LogP contribution is 2.45. The van der Waals surface area contributed by atoms with Crippen molar-refractivity contribution in [3.05, 3.63) is 56.5 Å². The van der Waals surface area contributed by atoms with Gasteiger partial charge in [0.1, 0.15) is 0 Å². The smallest absolute Gasteiger partial charge is 0.0713 e. The van der Waals surface area contributed by atoms with E-state index in [4.69, 9.17) is 46.4 Å². The van der Waals surface area contributed by atoms with Crippen LogP contribution >= 0.6 is 58.4 Å². The third-order valence-electron chi connectivity index (χ3n) is 4.06. The van der Waals surface area contributed by atoms with Crippen LogP contribution in [0.25, 0.3) is 0 Å². The predicted molar refractivity (Wildman–Crippen MR) is 110 cm³/mol. The number of benzene rings is 2. The maximum absolute atomic E-state index is 6.47. The highest BCUT2D eigenvalue weighted by Gasteiger charge is 2.23. The van der Waals surface area contributed by atoms with Gasteiger partial charge in [0.15, 0.2) is 0 Å². The van der Waals surface area contributed by atoms with Crippen molar-refractivity contribution >= 4 is 69.7 Å². The first-order valence-corrected chi connectivity index (χ1v) is 10.3. The molecular formula is C18H17Cl4NS. The monoisotopic (exact) mass is 419 g/mol. The summed E-state index contributed by atoms with van der Waals surface area (Å²) in [6.45, 7) is 0. The first-order chi connectivity index (χ1) is 11.5. The average Bonchev–Trinajstić information content (AvgIpc) is 2.55. The van der Waals surface area contributed by atoms with E-state index < -0.39 is 0 Å². The standard InChI is InChI=1S/C18H17Cl4NS/c19-12-6-8-17(15(21)10-12)23(24-14-4-2-1-3-5-14)18-9-7-13(20)11-16(18)22/h6-11,14H,1-5H2. The number of nitrogens with zero attached hydrogens (tertiary/aromatic N) is 1. The normalized spacial score (nSPS) is 15.5. The van der Waals surface area contributed by atoms with E-state index in [2.05, 4.69) is 4.31 Å². The maximum atomic E-state index is 6.47. The number of rotatable bonds is 4. The quantitative estimate of drug-likeness (QED) is 0.456. The van der Waals surface area contributed by atoms with Crippen LogP contribution in [0.5, 0.6) is 0 Å². The second kappa shape index (κ2) is 8.42. The summed E-state index contributed by atoms with van der Waals surface area (Å²) in [7, 11) is 0. The number of halogens is 4. The summed E-state index contributed by atoms with van der Waals surface area (Å²) in [5, 5.41) is 3.01. The molecule has 2 aromatic carbocycles. The Balaban J connectivity index is 1.99. The first-order valence-electron chi connectivity index (χ1n) is 7.91. The lowest BCUT2D eigenvalue weighted by atomic mass is 10.0. The van der Waals surface area contributed by atoms with Crippen LogP contribution in [-0.2, 0) is 0 Å². The van der Waals surface area contributed by atoms with Gasteiger partial charge in [-0.3, -0.25) is 4.31 Å². The molecule has 0 atom stereocenters. The molecule has 0 bridgehead atoms. The van der Waals surface area contributed by atoms with Gasteiger partial charge in [0.05, 0.1) is 21.4 Å². The Bertz CT molecular complexity index is 665. The summed E-state index contributed by atoms with van der Waals surface area (Å²) < 4.78 is 2.12. The molecule has 1 nitrogen and oxygen atoms in total. The molecule has 0 heterocycles. The van der Waals surface area contributed by atoms with E-state index >= 15 is 0 Å². The molecule has 3 rings (SSSR count). The van der Waals surface area contributed by atoms with Gasteiger partial charge in [0.25, 0.3) is 0 Å². The first kappa shape index (κ1) is 18.5. The molecule has 1 fully saturated rings. The topological polar surface area (TPSA) is 3.24 Å². The highest BCUT2D eigenvalue weighted by atomic mass is 35.5. The SMILES string of the molecule is Clc1ccc(N(SC2CCCCC2)c2ccc(Cl)cc2Cl)c(Cl)c1. The second-order valence-corrected chi connectivity index (χ2v) is 8.78. The number of anilines is 2. The molecule has 1 saturated carbocycles. The minimum atomic E-state index is 0.553. The number of hydrogen-bond acceptors (Lipinski definition) is 2. The molecule has 1 aliphatic rings. The van der Waals surface area contributed by atoms with E-state index in [9.17, 15) is 0 Å². The zero-order valence-electron chi connectivity index (χ0n) is 12.9. The fourth-order valence-electron chi connectivity index (χ4n) is 2.85. The molecule has 0 amide bonds. The lowest BCUT2D eigenvalue weighted by Gasteiger charge is -2.31. The third-order valence-corrected chi connectivity index (χ3v) is 6.51. The van der Waals surface area contributed by atoms with Crippen molar-refractivity contribution in [3.63, 3.8) is 0 Å². The molecular weight excluding hydrogens is 404 g/mol. The van der Waals surface area contributed by atoms with E-state index in [0.717, 1.165) is 11.4 Å². The zero-order chi connectivity index (χ0) is 17.1. The van der Waals surface area contributed by atoms with Gasteiger partial charge < -0.3 is 0 Å². The molecule has 1 aliphatic carbocycles. The van der Waals surface area contributed by atoms with Gasteiger partial charge in [-0.1, -0.05) is 65.7 Å². The van der Waals surface area contributed by atoms with E-state index in [1.807, 2.05) is 24.3 Å². The summed E-state index contributed by atoms with van der Waals surface area (Å²) in [6, 6.07) is 11.1.